The molecule has 3 heterocycles. The van der Waals surface area contributed by atoms with E-state index in [4.69, 9.17) is 9.47 Å². The lowest BCUT2D eigenvalue weighted by molar-refractivity contribution is -0.140. The fourth-order valence-electron chi connectivity index (χ4n) is 4.39. The number of fused-ring (bicyclic) bond motifs is 2. The van der Waals surface area contributed by atoms with Crippen LogP contribution in [0.3, 0.4) is 0 Å². The van der Waals surface area contributed by atoms with Crippen LogP contribution in [-0.2, 0) is 27.5 Å². The summed E-state index contributed by atoms with van der Waals surface area (Å²) >= 11 is 0. The van der Waals surface area contributed by atoms with Crippen molar-refractivity contribution in [2.24, 2.45) is 0 Å². The Morgan fingerprint density at radius 1 is 1.31 bits per heavy atom. The second-order valence-corrected chi connectivity index (χ2v) is 7.92. The van der Waals surface area contributed by atoms with Gasteiger partial charge in [-0.05, 0) is 42.5 Å². The maximum absolute atomic E-state index is 12.3. The quantitative estimate of drug-likeness (QED) is 0.605. The average Bonchev–Trinajstić information content (AvgIpc) is 2.92. The Labute approximate surface area is 171 Å². The highest BCUT2D eigenvalue weighted by Crippen LogP contribution is 2.39. The van der Waals surface area contributed by atoms with Gasteiger partial charge in [-0.25, -0.2) is 0 Å². The monoisotopic (exact) mass is 399 g/mol. The van der Waals surface area contributed by atoms with E-state index >= 15 is 0 Å². The van der Waals surface area contributed by atoms with Gasteiger partial charge in [0, 0.05) is 19.5 Å². The van der Waals surface area contributed by atoms with Crippen molar-refractivity contribution in [3.63, 3.8) is 0 Å². The van der Waals surface area contributed by atoms with Crippen LogP contribution >= 0.6 is 0 Å². The van der Waals surface area contributed by atoms with Gasteiger partial charge in [0.15, 0.2) is 0 Å². The molecule has 7 nitrogen and oxygen atoms in total. The first-order chi connectivity index (χ1) is 14.1. The van der Waals surface area contributed by atoms with E-state index in [2.05, 4.69) is 35.9 Å². The topological polar surface area (TPSA) is 71.1 Å². The summed E-state index contributed by atoms with van der Waals surface area (Å²) in [6.07, 6.45) is 4.77. The molecule has 2 amide bonds. The molecule has 3 aliphatic heterocycles. The molecule has 0 saturated carbocycles. The third-order valence-electron chi connectivity index (χ3n) is 6.05. The number of amides is 2. The van der Waals surface area contributed by atoms with Crippen molar-refractivity contribution in [2.75, 3.05) is 24.8 Å². The number of piperidine rings is 1. The zero-order valence-electron chi connectivity index (χ0n) is 17.0. The average molecular weight is 399 g/mol. The summed E-state index contributed by atoms with van der Waals surface area (Å²) in [5, 5.41) is 2.45. The maximum atomic E-state index is 12.3. The lowest BCUT2D eigenvalue weighted by Crippen LogP contribution is -2.52. The third kappa shape index (κ3) is 4.02. The number of carbonyl (C=O) groups is 2. The van der Waals surface area contributed by atoms with Crippen molar-refractivity contribution in [3.8, 4) is 5.75 Å². The maximum Gasteiger partial charge on any atom is 0.243 e. The second kappa shape index (κ2) is 8.55. The van der Waals surface area contributed by atoms with Gasteiger partial charge in [-0.3, -0.25) is 19.8 Å². The van der Waals surface area contributed by atoms with Crippen molar-refractivity contribution >= 4 is 17.5 Å². The number of ether oxygens (including phenoxy) is 2. The minimum Gasteiger partial charge on any atom is -0.489 e. The molecule has 0 aliphatic carbocycles. The largest absolute Gasteiger partial charge is 0.489 e. The van der Waals surface area contributed by atoms with Crippen LogP contribution < -0.4 is 15.0 Å². The molecule has 3 aliphatic rings. The summed E-state index contributed by atoms with van der Waals surface area (Å²) < 4.78 is 11.9. The Bertz CT molecular complexity index is 809. The van der Waals surface area contributed by atoms with Gasteiger partial charge in [0.25, 0.3) is 0 Å². The van der Waals surface area contributed by atoms with Gasteiger partial charge >= 0.3 is 0 Å². The minimum absolute atomic E-state index is 0.197. The molecule has 0 unspecified atom stereocenters. The Balaban J connectivity index is 1.62. The van der Waals surface area contributed by atoms with Gasteiger partial charge in [-0.1, -0.05) is 13.0 Å². The number of imide groups is 1. The Morgan fingerprint density at radius 2 is 2.17 bits per heavy atom. The van der Waals surface area contributed by atoms with Gasteiger partial charge in [0.05, 0.1) is 24.4 Å². The molecule has 0 bridgehead atoms. The lowest BCUT2D eigenvalue weighted by Gasteiger charge is -2.39. The number of carbonyl (C=O) groups excluding carboxylic acids is 2. The Hall–Kier alpha value is -2.38. The SMILES string of the molecule is C=CCCN1c2cc3c(cc2OC[C@@H]1CC)COCN([C@H]1CCC(=O)NC1=O)C3. The zero-order chi connectivity index (χ0) is 20.4. The smallest absolute Gasteiger partial charge is 0.243 e. The number of hydrogen-bond acceptors (Lipinski definition) is 6. The van der Waals surface area contributed by atoms with Crippen LogP contribution in [-0.4, -0.2) is 48.7 Å². The van der Waals surface area contributed by atoms with Crippen molar-refractivity contribution in [3.05, 3.63) is 35.9 Å². The molecule has 1 saturated heterocycles. The van der Waals surface area contributed by atoms with Gasteiger partial charge in [-0.15, -0.1) is 6.58 Å². The van der Waals surface area contributed by atoms with Gasteiger partial charge < -0.3 is 14.4 Å². The summed E-state index contributed by atoms with van der Waals surface area (Å²) in [6, 6.07) is 4.29. The first-order valence-corrected chi connectivity index (χ1v) is 10.4. The van der Waals surface area contributed by atoms with Crippen LogP contribution in [0.4, 0.5) is 5.69 Å². The van der Waals surface area contributed by atoms with Crippen molar-refractivity contribution in [1.82, 2.24) is 10.2 Å². The van der Waals surface area contributed by atoms with Crippen LogP contribution in [0.15, 0.2) is 24.8 Å². The number of nitrogens with zero attached hydrogens (tertiary/aromatic N) is 2. The molecular formula is C22H29N3O4. The highest BCUT2D eigenvalue weighted by molar-refractivity contribution is 6.00. The summed E-state index contributed by atoms with van der Waals surface area (Å²) in [5.74, 6) is 0.473. The fraction of sp³-hybridized carbons (Fsp3) is 0.545. The molecule has 1 aromatic rings. The molecule has 4 rings (SSSR count). The number of hydrogen-bond donors (Lipinski definition) is 1. The van der Waals surface area contributed by atoms with Gasteiger partial charge in [-0.2, -0.15) is 0 Å². The summed E-state index contributed by atoms with van der Waals surface area (Å²) in [7, 11) is 0. The predicted octanol–water partition coefficient (Wildman–Crippen LogP) is 2.33. The molecule has 0 spiro atoms. The summed E-state index contributed by atoms with van der Waals surface area (Å²) in [5.41, 5.74) is 3.35. The number of anilines is 1. The van der Waals surface area contributed by atoms with Crippen LogP contribution in [0.2, 0.25) is 0 Å². The molecule has 29 heavy (non-hydrogen) atoms. The van der Waals surface area contributed by atoms with E-state index in [1.165, 1.54) is 0 Å². The predicted molar refractivity (Wildman–Crippen MR) is 110 cm³/mol. The second-order valence-electron chi connectivity index (χ2n) is 7.92. The molecule has 0 radical (unpaired) electrons. The molecule has 1 aromatic carbocycles. The molecular weight excluding hydrogens is 370 g/mol. The first-order valence-electron chi connectivity index (χ1n) is 10.4. The van der Waals surface area contributed by atoms with Gasteiger partial charge in [0.1, 0.15) is 19.1 Å². The highest BCUT2D eigenvalue weighted by Gasteiger charge is 2.34. The van der Waals surface area contributed by atoms with E-state index in [0.717, 1.165) is 42.0 Å². The van der Waals surface area contributed by atoms with Crippen molar-refractivity contribution < 1.29 is 19.1 Å². The van der Waals surface area contributed by atoms with Crippen LogP contribution in [0.25, 0.3) is 0 Å². The van der Waals surface area contributed by atoms with Gasteiger partial charge in [0.2, 0.25) is 11.8 Å². The zero-order valence-corrected chi connectivity index (χ0v) is 17.0. The Morgan fingerprint density at radius 3 is 2.93 bits per heavy atom. The number of rotatable bonds is 5. The van der Waals surface area contributed by atoms with Crippen molar-refractivity contribution in [1.29, 1.82) is 0 Å². The van der Waals surface area contributed by atoms with E-state index in [0.29, 0.717) is 45.4 Å². The standard InChI is InChI=1S/C22H29N3O4/c1-3-5-8-25-17(4-2)13-29-20-10-16-12-28-14-24(11-15(16)9-19(20)25)18-6-7-21(26)23-22(18)27/h3,9-10,17-18H,1,4-8,11-14H2,2H3,(H,23,26,27)/t17-,18-/m0/s1. The first kappa shape index (κ1) is 19.9. The molecule has 7 heteroatoms. The lowest BCUT2D eigenvalue weighted by atomic mass is 10.00. The minimum atomic E-state index is -0.341. The number of benzene rings is 1. The van der Waals surface area contributed by atoms with E-state index < -0.39 is 0 Å². The molecule has 0 aromatic heterocycles. The van der Waals surface area contributed by atoms with E-state index in [1.807, 2.05) is 11.0 Å². The fourth-order valence-corrected chi connectivity index (χ4v) is 4.39. The summed E-state index contributed by atoms with van der Waals surface area (Å²) in [4.78, 5) is 28.3. The van der Waals surface area contributed by atoms with Crippen LogP contribution in [0.1, 0.15) is 43.7 Å². The third-order valence-corrected chi connectivity index (χ3v) is 6.05. The normalized spacial score (nSPS) is 24.8. The Kier molecular flexibility index (Phi) is 5.87. The molecule has 156 valence electrons. The molecule has 1 fully saturated rings. The van der Waals surface area contributed by atoms with Crippen molar-refractivity contribution in [2.45, 2.75) is 57.8 Å². The molecule has 1 N–H and O–H groups in total. The van der Waals surface area contributed by atoms with Crippen LogP contribution in [0.5, 0.6) is 5.75 Å². The highest BCUT2D eigenvalue weighted by atomic mass is 16.5. The van der Waals surface area contributed by atoms with E-state index in [-0.39, 0.29) is 17.9 Å². The summed E-state index contributed by atoms with van der Waals surface area (Å²) in [6.45, 7) is 9.10. The molecule has 2 atom stereocenters. The number of nitrogens with one attached hydrogen (secondary N) is 1. The van der Waals surface area contributed by atoms with Crippen LogP contribution in [0, 0.1) is 0 Å². The van der Waals surface area contributed by atoms with E-state index in [1.54, 1.807) is 0 Å². The van der Waals surface area contributed by atoms with E-state index in [9.17, 15) is 9.59 Å².